The van der Waals surface area contributed by atoms with Crippen LogP contribution >= 0.6 is 11.8 Å². The summed E-state index contributed by atoms with van der Waals surface area (Å²) in [5.41, 5.74) is 4.17. The lowest BCUT2D eigenvalue weighted by atomic mass is 9.99. The minimum Gasteiger partial charge on any atom is -0.496 e. The van der Waals surface area contributed by atoms with Crippen LogP contribution in [0.1, 0.15) is 36.5 Å². The number of amidine groups is 1. The number of urea groups is 1. The van der Waals surface area contributed by atoms with Gasteiger partial charge in [-0.1, -0.05) is 37.7 Å². The van der Waals surface area contributed by atoms with E-state index in [0.717, 1.165) is 28.9 Å². The Bertz CT molecular complexity index is 1780. The average molecular weight is 655 g/mol. The zero-order valence-corrected chi connectivity index (χ0v) is 26.0. The van der Waals surface area contributed by atoms with E-state index in [9.17, 15) is 22.8 Å². The van der Waals surface area contributed by atoms with Crippen molar-refractivity contribution in [3.63, 3.8) is 0 Å². The molecular weight excluding hydrogens is 625 g/mol. The summed E-state index contributed by atoms with van der Waals surface area (Å²) in [7, 11) is 1.47. The van der Waals surface area contributed by atoms with E-state index >= 15 is 0 Å². The van der Waals surface area contributed by atoms with Gasteiger partial charge < -0.3 is 19.5 Å². The number of thioether (sulfide) groups is 1. The number of aromatic nitrogens is 3. The maximum absolute atomic E-state index is 12.9. The van der Waals surface area contributed by atoms with Crippen molar-refractivity contribution in [2.24, 2.45) is 4.99 Å². The van der Waals surface area contributed by atoms with Crippen LogP contribution in [0.5, 0.6) is 17.5 Å². The number of carbonyl (C=O) groups is 2. The summed E-state index contributed by atoms with van der Waals surface area (Å²) in [6.45, 7) is 6.04. The van der Waals surface area contributed by atoms with E-state index in [1.165, 1.54) is 46.9 Å². The molecule has 3 aromatic carbocycles. The third-order valence-electron chi connectivity index (χ3n) is 6.71. The third kappa shape index (κ3) is 7.77. The Morgan fingerprint density at radius 3 is 2.57 bits per heavy atom. The number of nitrogens with zero attached hydrogens (tertiary/aromatic N) is 5. The molecule has 1 N–H and O–H groups in total. The number of alkyl halides is 3. The van der Waals surface area contributed by atoms with Crippen molar-refractivity contribution < 1.29 is 37.0 Å². The Morgan fingerprint density at radius 1 is 1.11 bits per heavy atom. The first kappa shape index (κ1) is 32.3. The van der Waals surface area contributed by atoms with Crippen molar-refractivity contribution in [3.8, 4) is 23.2 Å². The highest BCUT2D eigenvalue weighted by Gasteiger charge is 2.33. The first-order chi connectivity index (χ1) is 21.9. The van der Waals surface area contributed by atoms with Gasteiger partial charge in [0.2, 0.25) is 5.91 Å². The largest absolute Gasteiger partial charge is 0.573 e. The number of amides is 3. The Kier molecular flexibility index (Phi) is 9.51. The van der Waals surface area contributed by atoms with Gasteiger partial charge in [-0.05, 0) is 66.4 Å². The van der Waals surface area contributed by atoms with Gasteiger partial charge in [-0.15, -0.1) is 18.3 Å². The molecule has 0 radical (unpaired) electrons. The van der Waals surface area contributed by atoms with E-state index in [4.69, 9.17) is 9.47 Å². The zero-order chi connectivity index (χ0) is 33.0. The molecule has 0 atom stereocenters. The molecule has 5 rings (SSSR count). The molecule has 0 aliphatic carbocycles. The second-order valence-electron chi connectivity index (χ2n) is 10.4. The molecule has 46 heavy (non-hydrogen) atoms. The lowest BCUT2D eigenvalue weighted by molar-refractivity contribution is -0.274. The van der Waals surface area contributed by atoms with Gasteiger partial charge in [-0.2, -0.15) is 9.98 Å². The maximum atomic E-state index is 12.9. The average Bonchev–Trinajstić information content (AvgIpc) is 3.62. The molecule has 1 aliphatic heterocycles. The molecule has 0 bridgehead atoms. The summed E-state index contributed by atoms with van der Waals surface area (Å²) in [5.74, 6) is 0.245. The standard InChI is InChI=1S/C31H29F3N6O5S/c1-18(2)24-12-5-19(3)13-25(24)40-27(41)16-46-30(40)37-28(42)36-21-7-6-20(26(14-21)43-4)15-44-29-35-17-39(38-29)22-8-10-23(11-9-22)45-31(32,33)34/h5-14,17-18H,15-16H2,1-4H3,(H,36,42). The van der Waals surface area contributed by atoms with E-state index in [2.05, 4.69) is 25.1 Å². The number of aryl methyl sites for hydroxylation is 1. The normalized spacial score (nSPS) is 14.2. The number of nitrogens with one attached hydrogen (secondary N) is 1. The number of aliphatic imine (C=N–C) groups is 1. The summed E-state index contributed by atoms with van der Waals surface area (Å²) >= 11 is 1.20. The van der Waals surface area contributed by atoms with Crippen molar-refractivity contribution in [1.29, 1.82) is 0 Å². The van der Waals surface area contributed by atoms with Crippen LogP contribution in [0.2, 0.25) is 0 Å². The quantitative estimate of drug-likeness (QED) is 0.208. The van der Waals surface area contributed by atoms with Crippen molar-refractivity contribution >= 4 is 40.2 Å². The van der Waals surface area contributed by atoms with Crippen LogP contribution in [-0.4, -0.2) is 51.1 Å². The topological polar surface area (TPSA) is 120 Å². The van der Waals surface area contributed by atoms with Gasteiger partial charge in [0.05, 0.1) is 24.2 Å². The Morgan fingerprint density at radius 2 is 1.87 bits per heavy atom. The second kappa shape index (κ2) is 13.5. The molecule has 0 spiro atoms. The Labute approximate surface area is 266 Å². The molecule has 3 amide bonds. The van der Waals surface area contributed by atoms with Crippen molar-refractivity contribution in [2.45, 2.75) is 39.7 Å². The maximum Gasteiger partial charge on any atom is 0.573 e. The SMILES string of the molecule is COc1cc(NC(=O)N=C2SCC(=O)N2c2cc(C)ccc2C(C)C)ccc1COc1ncn(-c2ccc(OC(F)(F)F)cc2)n1. The Balaban J connectivity index is 1.24. The van der Waals surface area contributed by atoms with Gasteiger partial charge in [0.15, 0.2) is 5.17 Å². The fourth-order valence-corrected chi connectivity index (χ4v) is 5.44. The highest BCUT2D eigenvalue weighted by Crippen LogP contribution is 2.34. The molecule has 1 aliphatic rings. The number of methoxy groups -OCH3 is 1. The number of anilines is 2. The second-order valence-corrected chi connectivity index (χ2v) is 11.3. The molecule has 15 heteroatoms. The molecule has 0 saturated carbocycles. The first-order valence-corrected chi connectivity index (χ1v) is 14.9. The van der Waals surface area contributed by atoms with E-state index in [0.29, 0.717) is 27.9 Å². The molecule has 1 fully saturated rings. The smallest absolute Gasteiger partial charge is 0.496 e. The van der Waals surface area contributed by atoms with Crippen LogP contribution in [0.3, 0.4) is 0 Å². The summed E-state index contributed by atoms with van der Waals surface area (Å²) in [6, 6.07) is 15.3. The zero-order valence-electron chi connectivity index (χ0n) is 25.2. The molecule has 1 saturated heterocycles. The van der Waals surface area contributed by atoms with Gasteiger partial charge >= 0.3 is 18.4 Å². The number of rotatable bonds is 9. The number of hydrogen-bond donors (Lipinski definition) is 1. The van der Waals surface area contributed by atoms with E-state index < -0.39 is 12.4 Å². The van der Waals surface area contributed by atoms with Gasteiger partial charge in [0.25, 0.3) is 0 Å². The molecule has 240 valence electrons. The van der Waals surface area contributed by atoms with Gasteiger partial charge in [0, 0.05) is 17.3 Å². The minimum atomic E-state index is -4.78. The van der Waals surface area contributed by atoms with Gasteiger partial charge in [0.1, 0.15) is 24.4 Å². The van der Waals surface area contributed by atoms with Crippen LogP contribution in [0.15, 0.2) is 72.0 Å². The van der Waals surface area contributed by atoms with Crippen LogP contribution < -0.4 is 24.4 Å². The fraction of sp³-hybridized carbons (Fsp3) is 0.258. The molecule has 11 nitrogen and oxygen atoms in total. The summed E-state index contributed by atoms with van der Waals surface area (Å²) in [6.07, 6.45) is -3.43. The summed E-state index contributed by atoms with van der Waals surface area (Å²) in [5, 5.41) is 7.21. The van der Waals surface area contributed by atoms with Crippen LogP contribution in [0.4, 0.5) is 29.3 Å². The molecule has 4 aromatic rings. The Hall–Kier alpha value is -5.05. The fourth-order valence-electron chi connectivity index (χ4n) is 4.58. The van der Waals surface area contributed by atoms with Gasteiger partial charge in [-0.3, -0.25) is 9.69 Å². The van der Waals surface area contributed by atoms with Gasteiger partial charge in [-0.25, -0.2) is 9.48 Å². The monoisotopic (exact) mass is 654 g/mol. The van der Waals surface area contributed by atoms with Crippen LogP contribution in [-0.2, 0) is 11.4 Å². The lowest BCUT2D eigenvalue weighted by Gasteiger charge is -2.22. The molecule has 2 heterocycles. The number of ether oxygens (including phenoxy) is 3. The van der Waals surface area contributed by atoms with Crippen LogP contribution in [0.25, 0.3) is 5.69 Å². The van der Waals surface area contributed by atoms with Crippen molar-refractivity contribution in [1.82, 2.24) is 14.8 Å². The van der Waals surface area contributed by atoms with E-state index in [1.807, 2.05) is 39.0 Å². The minimum absolute atomic E-state index is 0.0183. The van der Waals surface area contributed by atoms with Crippen molar-refractivity contribution in [2.75, 3.05) is 23.1 Å². The molecule has 1 aromatic heterocycles. The number of benzene rings is 3. The molecule has 0 unspecified atom stereocenters. The predicted octanol–water partition coefficient (Wildman–Crippen LogP) is 6.85. The lowest BCUT2D eigenvalue weighted by Crippen LogP contribution is -2.31. The van der Waals surface area contributed by atoms with E-state index in [-0.39, 0.29) is 35.9 Å². The molecular formula is C31H29F3N6O5S. The van der Waals surface area contributed by atoms with Crippen molar-refractivity contribution in [3.05, 3.63) is 83.7 Å². The van der Waals surface area contributed by atoms with Crippen LogP contribution in [0, 0.1) is 6.92 Å². The number of halogens is 3. The van der Waals surface area contributed by atoms with E-state index in [1.54, 1.807) is 18.2 Å². The number of carbonyl (C=O) groups excluding carboxylic acids is 2. The highest BCUT2D eigenvalue weighted by atomic mass is 32.2. The summed E-state index contributed by atoms with van der Waals surface area (Å²) in [4.78, 5) is 35.6. The predicted molar refractivity (Wildman–Crippen MR) is 167 cm³/mol. The third-order valence-corrected chi connectivity index (χ3v) is 7.64. The number of hydrogen-bond acceptors (Lipinski definition) is 8. The first-order valence-electron chi connectivity index (χ1n) is 13.9. The summed E-state index contributed by atoms with van der Waals surface area (Å²) < 4.78 is 53.6. The highest BCUT2D eigenvalue weighted by molar-refractivity contribution is 8.15.